The highest BCUT2D eigenvalue weighted by Crippen LogP contribution is 2.21. The van der Waals surface area contributed by atoms with Crippen LogP contribution in [0.2, 0.25) is 0 Å². The molecule has 1 unspecified atom stereocenters. The number of nitrogens with zero attached hydrogens (tertiary/aromatic N) is 1. The van der Waals surface area contributed by atoms with Crippen LogP contribution in [0.5, 0.6) is 0 Å². The van der Waals surface area contributed by atoms with E-state index >= 15 is 0 Å². The van der Waals surface area contributed by atoms with Crippen LogP contribution in [-0.4, -0.2) is 41.1 Å². The maximum Gasteiger partial charge on any atom is 0.410 e. The van der Waals surface area contributed by atoms with Crippen molar-refractivity contribution in [2.75, 3.05) is 11.9 Å². The van der Waals surface area contributed by atoms with Gasteiger partial charge in [0.05, 0.1) is 0 Å². The summed E-state index contributed by atoms with van der Waals surface area (Å²) < 4.78 is 5.37. The van der Waals surface area contributed by atoms with Crippen molar-refractivity contribution in [3.05, 3.63) is 29.8 Å². The molecule has 1 aliphatic rings. The van der Waals surface area contributed by atoms with Crippen LogP contribution in [0.1, 0.15) is 39.2 Å². The number of carbonyl (C=O) groups excluding carboxylic acids is 3. The molecule has 1 heterocycles. The molecule has 0 saturated carbocycles. The predicted octanol–water partition coefficient (Wildman–Crippen LogP) is 2.19. The molecule has 142 valence electrons. The van der Waals surface area contributed by atoms with Crippen molar-refractivity contribution in [3.63, 3.8) is 0 Å². The van der Waals surface area contributed by atoms with Gasteiger partial charge >= 0.3 is 12.1 Å². The third kappa shape index (κ3) is 5.65. The van der Waals surface area contributed by atoms with E-state index in [1.807, 2.05) is 0 Å². The van der Waals surface area contributed by atoms with E-state index in [2.05, 4.69) is 10.6 Å². The van der Waals surface area contributed by atoms with Gasteiger partial charge in [-0.1, -0.05) is 12.1 Å². The molecule has 1 aromatic rings. The second kappa shape index (κ2) is 8.07. The Morgan fingerprint density at radius 2 is 1.88 bits per heavy atom. The van der Waals surface area contributed by atoms with E-state index < -0.39 is 23.8 Å². The zero-order chi connectivity index (χ0) is 19.3. The monoisotopic (exact) mass is 362 g/mol. The molecule has 0 spiro atoms. The van der Waals surface area contributed by atoms with E-state index in [1.165, 1.54) is 4.90 Å². The first-order valence-electron chi connectivity index (χ1n) is 8.58. The minimum atomic E-state index is -0.630. The highest BCUT2D eigenvalue weighted by Gasteiger charge is 2.36. The van der Waals surface area contributed by atoms with Crippen molar-refractivity contribution < 1.29 is 19.1 Å². The summed E-state index contributed by atoms with van der Waals surface area (Å²) in [6.45, 7) is 6.24. The summed E-state index contributed by atoms with van der Waals surface area (Å²) in [5, 5.41) is 5.32. The van der Waals surface area contributed by atoms with Crippen LogP contribution in [0, 0.1) is 0 Å². The maximum atomic E-state index is 12.5. The topological polar surface area (TPSA) is 114 Å². The molecule has 1 atom stereocenters. The third-order valence-electron chi connectivity index (χ3n) is 3.87. The summed E-state index contributed by atoms with van der Waals surface area (Å²) in [5.74, 6) is -0.201. The molecule has 0 radical (unpaired) electrons. The number of urea groups is 1. The van der Waals surface area contributed by atoms with Crippen LogP contribution in [0.25, 0.3) is 0 Å². The Bertz CT molecular complexity index is 667. The quantitative estimate of drug-likeness (QED) is 0.762. The minimum Gasteiger partial charge on any atom is -0.444 e. The average molecular weight is 362 g/mol. The fourth-order valence-electron chi connectivity index (χ4n) is 2.73. The molecule has 0 aliphatic carbocycles. The molecule has 8 nitrogen and oxygen atoms in total. The second-order valence-corrected chi connectivity index (χ2v) is 7.24. The molecule has 1 saturated heterocycles. The predicted molar refractivity (Wildman–Crippen MR) is 97.5 cm³/mol. The number of carbonyl (C=O) groups is 3. The van der Waals surface area contributed by atoms with Crippen molar-refractivity contribution in [2.45, 2.75) is 51.8 Å². The number of hydrogen-bond acceptors (Lipinski definition) is 4. The molecule has 1 aromatic carbocycles. The number of benzene rings is 1. The van der Waals surface area contributed by atoms with Crippen LogP contribution < -0.4 is 16.4 Å². The lowest BCUT2D eigenvalue weighted by Gasteiger charge is -2.28. The molecule has 26 heavy (non-hydrogen) atoms. The zero-order valence-electron chi connectivity index (χ0n) is 15.4. The number of rotatable bonds is 4. The molecule has 0 bridgehead atoms. The Balaban J connectivity index is 1.90. The first-order chi connectivity index (χ1) is 12.2. The van der Waals surface area contributed by atoms with Gasteiger partial charge in [0.25, 0.3) is 0 Å². The van der Waals surface area contributed by atoms with Crippen LogP contribution in [0.3, 0.4) is 0 Å². The Morgan fingerprint density at radius 1 is 1.23 bits per heavy atom. The summed E-state index contributed by atoms with van der Waals surface area (Å²) in [4.78, 5) is 37.0. The van der Waals surface area contributed by atoms with Crippen molar-refractivity contribution in [1.29, 1.82) is 0 Å². The number of anilines is 1. The van der Waals surface area contributed by atoms with Crippen molar-refractivity contribution in [3.8, 4) is 0 Å². The van der Waals surface area contributed by atoms with Crippen LogP contribution >= 0.6 is 0 Å². The van der Waals surface area contributed by atoms with E-state index in [0.717, 1.165) is 12.0 Å². The van der Waals surface area contributed by atoms with Gasteiger partial charge in [0.1, 0.15) is 11.6 Å². The van der Waals surface area contributed by atoms with Gasteiger partial charge < -0.3 is 21.1 Å². The highest BCUT2D eigenvalue weighted by atomic mass is 16.6. The molecule has 4 N–H and O–H groups in total. The first kappa shape index (κ1) is 19.6. The van der Waals surface area contributed by atoms with Crippen molar-refractivity contribution >= 4 is 23.7 Å². The number of hydrogen-bond donors (Lipinski definition) is 3. The van der Waals surface area contributed by atoms with Gasteiger partial charge in [-0.3, -0.25) is 9.69 Å². The normalized spacial score (nSPS) is 16.9. The van der Waals surface area contributed by atoms with Crippen LogP contribution in [-0.2, 0) is 16.1 Å². The lowest BCUT2D eigenvalue weighted by Crippen LogP contribution is -2.47. The zero-order valence-corrected chi connectivity index (χ0v) is 15.4. The molecule has 4 amide bonds. The first-order valence-corrected chi connectivity index (χ1v) is 8.58. The molecular formula is C18H26N4O4. The fourth-order valence-corrected chi connectivity index (χ4v) is 2.73. The number of ether oxygens (including phenoxy) is 1. The number of nitrogens with two attached hydrogens (primary N) is 1. The highest BCUT2D eigenvalue weighted by molar-refractivity contribution is 5.88. The lowest BCUT2D eigenvalue weighted by atomic mass is 10.1. The number of amides is 4. The third-order valence-corrected chi connectivity index (χ3v) is 3.87. The van der Waals surface area contributed by atoms with Gasteiger partial charge in [-0.25, -0.2) is 9.59 Å². The Labute approximate surface area is 153 Å². The summed E-state index contributed by atoms with van der Waals surface area (Å²) >= 11 is 0. The molecule has 2 rings (SSSR count). The number of likely N-dealkylation sites (tertiary alicyclic amines) is 1. The summed E-state index contributed by atoms with van der Waals surface area (Å²) in [6.07, 6.45) is 0.925. The van der Waals surface area contributed by atoms with Gasteiger partial charge in [0.15, 0.2) is 0 Å². The van der Waals surface area contributed by atoms with Crippen LogP contribution in [0.15, 0.2) is 24.3 Å². The summed E-state index contributed by atoms with van der Waals surface area (Å²) in [7, 11) is 0. The standard InChI is InChI=1S/C18H26N4O4/c1-18(2,3)26-17(25)22-10-4-5-14(22)15(23)20-11-12-6-8-13(9-7-12)21-16(19)24/h6-9,14H,4-5,10-11H2,1-3H3,(H,20,23)(H3,19,21,24). The smallest absolute Gasteiger partial charge is 0.410 e. The molecule has 0 aromatic heterocycles. The Hall–Kier alpha value is -2.77. The minimum absolute atomic E-state index is 0.201. The van der Waals surface area contributed by atoms with E-state index in [9.17, 15) is 14.4 Å². The van der Waals surface area contributed by atoms with Crippen LogP contribution in [0.4, 0.5) is 15.3 Å². The average Bonchev–Trinajstić information content (AvgIpc) is 3.01. The second-order valence-electron chi connectivity index (χ2n) is 7.24. The van der Waals surface area contributed by atoms with E-state index in [0.29, 0.717) is 25.2 Å². The van der Waals surface area contributed by atoms with Gasteiger partial charge in [-0.05, 0) is 51.3 Å². The molecule has 1 fully saturated rings. The Kier molecular flexibility index (Phi) is 6.07. The molecule has 1 aliphatic heterocycles. The Morgan fingerprint density at radius 3 is 2.46 bits per heavy atom. The number of nitrogens with one attached hydrogen (secondary N) is 2. The van der Waals surface area contributed by atoms with Gasteiger partial charge in [-0.2, -0.15) is 0 Å². The maximum absolute atomic E-state index is 12.5. The van der Waals surface area contributed by atoms with Gasteiger partial charge in [0, 0.05) is 18.8 Å². The largest absolute Gasteiger partial charge is 0.444 e. The van der Waals surface area contributed by atoms with Crippen molar-refractivity contribution in [2.24, 2.45) is 5.73 Å². The van der Waals surface area contributed by atoms with E-state index in [4.69, 9.17) is 10.5 Å². The summed E-state index contributed by atoms with van der Waals surface area (Å²) in [5.41, 5.74) is 5.91. The summed E-state index contributed by atoms with van der Waals surface area (Å²) in [6, 6.07) is 5.83. The SMILES string of the molecule is CC(C)(C)OC(=O)N1CCCC1C(=O)NCc1ccc(NC(N)=O)cc1. The molecule has 8 heteroatoms. The van der Waals surface area contributed by atoms with E-state index in [1.54, 1.807) is 45.0 Å². The van der Waals surface area contributed by atoms with Gasteiger partial charge in [-0.15, -0.1) is 0 Å². The van der Waals surface area contributed by atoms with Gasteiger partial charge in [0.2, 0.25) is 5.91 Å². The lowest BCUT2D eigenvalue weighted by molar-refractivity contribution is -0.125. The molecular weight excluding hydrogens is 336 g/mol. The number of primary amides is 1. The van der Waals surface area contributed by atoms with Crippen molar-refractivity contribution in [1.82, 2.24) is 10.2 Å². The van der Waals surface area contributed by atoms with E-state index in [-0.39, 0.29) is 5.91 Å². The fraction of sp³-hybridized carbons (Fsp3) is 0.500.